The maximum absolute atomic E-state index is 12.4. The van der Waals surface area contributed by atoms with Crippen molar-refractivity contribution < 1.29 is 19.2 Å². The lowest BCUT2D eigenvalue weighted by molar-refractivity contribution is -0.384. The zero-order valence-electron chi connectivity index (χ0n) is 19.3. The number of benzene rings is 3. The summed E-state index contributed by atoms with van der Waals surface area (Å²) >= 11 is 2.07. The van der Waals surface area contributed by atoms with Crippen molar-refractivity contribution in [3.05, 3.63) is 90.5 Å². The molecule has 0 aliphatic carbocycles. The van der Waals surface area contributed by atoms with Gasteiger partial charge in [-0.2, -0.15) is 5.26 Å². The highest BCUT2D eigenvalue weighted by Gasteiger charge is 2.14. The lowest BCUT2D eigenvalue weighted by Crippen LogP contribution is -2.20. The second-order valence-corrected chi connectivity index (χ2v) is 8.81. The van der Waals surface area contributed by atoms with E-state index >= 15 is 0 Å². The van der Waals surface area contributed by atoms with Gasteiger partial charge in [-0.1, -0.05) is 6.07 Å². The third-order valence-electron chi connectivity index (χ3n) is 5.21. The number of nitrogens with one attached hydrogen (secondary N) is 1. The van der Waals surface area contributed by atoms with Gasteiger partial charge in [-0.15, -0.1) is 0 Å². The van der Waals surface area contributed by atoms with Gasteiger partial charge in [0.15, 0.2) is 18.1 Å². The van der Waals surface area contributed by atoms with E-state index in [0.717, 1.165) is 11.1 Å². The molecule has 0 saturated heterocycles. The number of carbonyl (C=O) groups excluding carboxylic acids is 1. The average Bonchev–Trinajstić information content (AvgIpc) is 2.83. The van der Waals surface area contributed by atoms with Crippen LogP contribution < -0.4 is 14.8 Å². The summed E-state index contributed by atoms with van der Waals surface area (Å²) in [6, 6.07) is 17.0. The molecule has 0 saturated carbocycles. The van der Waals surface area contributed by atoms with Crippen LogP contribution in [0.5, 0.6) is 11.5 Å². The number of hydrogen-bond acceptors (Lipinski definition) is 6. The number of anilines is 1. The Balaban J connectivity index is 1.78. The number of rotatable bonds is 8. The Morgan fingerprint density at radius 1 is 1.14 bits per heavy atom. The summed E-state index contributed by atoms with van der Waals surface area (Å²) in [6.07, 6.45) is 1.65. The quantitative estimate of drug-likeness (QED) is 0.116. The van der Waals surface area contributed by atoms with Gasteiger partial charge in [-0.05, 0) is 101 Å². The van der Waals surface area contributed by atoms with Gasteiger partial charge in [0.2, 0.25) is 0 Å². The third kappa shape index (κ3) is 6.58. The van der Waals surface area contributed by atoms with Crippen LogP contribution in [-0.4, -0.2) is 24.5 Å². The molecule has 0 fully saturated rings. The molecule has 1 N–H and O–H groups in total. The van der Waals surface area contributed by atoms with Crippen molar-refractivity contribution in [2.24, 2.45) is 0 Å². The number of ether oxygens (including phenoxy) is 2. The van der Waals surface area contributed by atoms with Crippen LogP contribution >= 0.6 is 22.6 Å². The molecule has 3 rings (SSSR count). The van der Waals surface area contributed by atoms with Gasteiger partial charge < -0.3 is 14.8 Å². The normalized spacial score (nSPS) is 10.9. The molecule has 8 nitrogen and oxygen atoms in total. The first kappa shape index (κ1) is 25.7. The summed E-state index contributed by atoms with van der Waals surface area (Å²) in [5.74, 6) is 0.512. The Kier molecular flexibility index (Phi) is 8.43. The monoisotopic (exact) mass is 583 g/mol. The second-order valence-electron chi connectivity index (χ2n) is 7.64. The van der Waals surface area contributed by atoms with Gasteiger partial charge in [-0.3, -0.25) is 14.9 Å². The molecule has 0 radical (unpaired) electrons. The zero-order chi connectivity index (χ0) is 25.5. The molecule has 0 heterocycles. The van der Waals surface area contributed by atoms with Crippen LogP contribution in [0.1, 0.15) is 22.3 Å². The van der Waals surface area contributed by atoms with Crippen LogP contribution in [0.15, 0.2) is 54.6 Å². The smallest absolute Gasteiger partial charge is 0.269 e. The molecule has 0 bridgehead atoms. The van der Waals surface area contributed by atoms with E-state index in [4.69, 9.17) is 9.47 Å². The van der Waals surface area contributed by atoms with E-state index in [0.29, 0.717) is 37.5 Å². The fourth-order valence-corrected chi connectivity index (χ4v) is 4.01. The first-order valence-electron chi connectivity index (χ1n) is 10.5. The highest BCUT2D eigenvalue weighted by atomic mass is 127. The Hall–Kier alpha value is -3.91. The van der Waals surface area contributed by atoms with Crippen LogP contribution in [0.2, 0.25) is 0 Å². The topological polar surface area (TPSA) is 114 Å². The minimum atomic E-state index is -0.492. The summed E-state index contributed by atoms with van der Waals surface area (Å²) in [6.45, 7) is 3.77. The number of amides is 1. The van der Waals surface area contributed by atoms with Gasteiger partial charge in [0.1, 0.15) is 0 Å². The van der Waals surface area contributed by atoms with E-state index in [1.807, 2.05) is 32.0 Å². The van der Waals surface area contributed by atoms with Crippen LogP contribution in [0, 0.1) is 38.9 Å². The molecule has 178 valence electrons. The Bertz CT molecular complexity index is 1340. The molecule has 0 aliphatic rings. The van der Waals surface area contributed by atoms with E-state index in [1.54, 1.807) is 18.2 Å². The standard InChI is InChI=1S/C26H22IN3O5/c1-16-4-7-21(10-17(16)2)29-25(31)15-35-26-23(27)12-18(13-24(26)34-3)11-20(14-28)19-5-8-22(9-6-19)30(32)33/h4-13H,15H2,1-3H3,(H,29,31)/b20-11+. The largest absolute Gasteiger partial charge is 0.493 e. The van der Waals surface area contributed by atoms with Crippen LogP contribution in [0.4, 0.5) is 11.4 Å². The summed E-state index contributed by atoms with van der Waals surface area (Å²) in [5.41, 5.74) is 4.42. The van der Waals surface area contributed by atoms with Crippen molar-refractivity contribution in [3.8, 4) is 17.6 Å². The Labute approximate surface area is 216 Å². The van der Waals surface area contributed by atoms with Gasteiger partial charge in [0.25, 0.3) is 11.6 Å². The lowest BCUT2D eigenvalue weighted by Gasteiger charge is -2.14. The van der Waals surface area contributed by atoms with Crippen molar-refractivity contribution in [1.29, 1.82) is 5.26 Å². The molecule has 0 atom stereocenters. The number of halogens is 1. The minimum Gasteiger partial charge on any atom is -0.493 e. The molecular formula is C26H22IN3O5. The highest BCUT2D eigenvalue weighted by molar-refractivity contribution is 14.1. The molecule has 35 heavy (non-hydrogen) atoms. The second kappa shape index (κ2) is 11.5. The van der Waals surface area contributed by atoms with Gasteiger partial charge >= 0.3 is 0 Å². The molecule has 3 aromatic carbocycles. The highest BCUT2D eigenvalue weighted by Crippen LogP contribution is 2.35. The summed E-state index contributed by atoms with van der Waals surface area (Å²) in [4.78, 5) is 22.8. The predicted molar refractivity (Wildman–Crippen MR) is 142 cm³/mol. The number of methoxy groups -OCH3 is 1. The van der Waals surface area contributed by atoms with Gasteiger partial charge in [0, 0.05) is 17.8 Å². The summed E-state index contributed by atoms with van der Waals surface area (Å²) < 4.78 is 11.9. The molecule has 1 amide bonds. The number of nitrogens with zero attached hydrogens (tertiary/aromatic N) is 2. The number of non-ortho nitro benzene ring substituents is 1. The predicted octanol–water partition coefficient (Wildman–Crippen LogP) is 5.91. The fourth-order valence-electron chi connectivity index (χ4n) is 3.23. The SMILES string of the molecule is COc1cc(/C=C(\C#N)c2ccc([N+](=O)[O-])cc2)cc(I)c1OCC(=O)Nc1ccc(C)c(C)c1. The number of allylic oxidation sites excluding steroid dienone is 1. The van der Waals surface area contributed by atoms with E-state index in [9.17, 15) is 20.2 Å². The van der Waals surface area contributed by atoms with Gasteiger partial charge in [0.05, 0.1) is 27.2 Å². The summed E-state index contributed by atoms with van der Waals surface area (Å²) in [5, 5.41) is 23.3. The molecule has 0 aliphatic heterocycles. The van der Waals surface area contributed by atoms with Crippen LogP contribution in [-0.2, 0) is 4.79 Å². The van der Waals surface area contributed by atoms with Crippen molar-refractivity contribution >= 4 is 51.5 Å². The molecule has 9 heteroatoms. The van der Waals surface area contributed by atoms with E-state index in [-0.39, 0.29) is 18.2 Å². The van der Waals surface area contributed by atoms with Gasteiger partial charge in [-0.25, -0.2) is 0 Å². The van der Waals surface area contributed by atoms with Crippen molar-refractivity contribution in [3.63, 3.8) is 0 Å². The first-order chi connectivity index (χ1) is 16.7. The number of nitriles is 1. The van der Waals surface area contributed by atoms with Crippen molar-refractivity contribution in [2.45, 2.75) is 13.8 Å². The molecule has 0 spiro atoms. The minimum absolute atomic E-state index is 0.0506. The number of hydrogen-bond donors (Lipinski definition) is 1. The van der Waals surface area contributed by atoms with Crippen LogP contribution in [0.25, 0.3) is 11.6 Å². The van der Waals surface area contributed by atoms with Crippen molar-refractivity contribution in [1.82, 2.24) is 0 Å². The lowest BCUT2D eigenvalue weighted by atomic mass is 10.0. The average molecular weight is 583 g/mol. The molecule has 0 aromatic heterocycles. The maximum atomic E-state index is 12.4. The molecule has 3 aromatic rings. The number of carbonyl (C=O) groups is 1. The molecule has 0 unspecified atom stereocenters. The first-order valence-corrected chi connectivity index (χ1v) is 11.5. The maximum Gasteiger partial charge on any atom is 0.269 e. The molecular weight excluding hydrogens is 561 g/mol. The fraction of sp³-hybridized carbons (Fsp3) is 0.154. The van der Waals surface area contributed by atoms with E-state index in [1.165, 1.54) is 31.4 Å². The number of nitro benzene ring substituents is 1. The Morgan fingerprint density at radius 2 is 1.86 bits per heavy atom. The number of nitro groups is 1. The van der Waals surface area contributed by atoms with E-state index in [2.05, 4.69) is 34.0 Å². The van der Waals surface area contributed by atoms with E-state index < -0.39 is 4.92 Å². The Morgan fingerprint density at radius 3 is 2.46 bits per heavy atom. The third-order valence-corrected chi connectivity index (χ3v) is 6.01. The van der Waals surface area contributed by atoms with Crippen molar-refractivity contribution in [2.75, 3.05) is 19.0 Å². The van der Waals surface area contributed by atoms with Crippen LogP contribution in [0.3, 0.4) is 0 Å². The summed E-state index contributed by atoms with van der Waals surface area (Å²) in [7, 11) is 1.49. The zero-order valence-corrected chi connectivity index (χ0v) is 21.5. The number of aryl methyl sites for hydroxylation is 2.